The van der Waals surface area contributed by atoms with Gasteiger partial charge in [0.1, 0.15) is 6.04 Å². The summed E-state index contributed by atoms with van der Waals surface area (Å²) < 4.78 is 25.7. The summed E-state index contributed by atoms with van der Waals surface area (Å²) in [6, 6.07) is 5.64. The molecule has 1 aromatic carbocycles. The van der Waals surface area contributed by atoms with Gasteiger partial charge in [0.2, 0.25) is 15.9 Å². The lowest BCUT2D eigenvalue weighted by Gasteiger charge is -2.31. The van der Waals surface area contributed by atoms with Gasteiger partial charge in [-0.15, -0.1) is 0 Å². The molecule has 23 heavy (non-hydrogen) atoms. The Morgan fingerprint density at radius 3 is 2.35 bits per heavy atom. The minimum atomic E-state index is -3.63. The Balaban J connectivity index is 3.21. The van der Waals surface area contributed by atoms with Crippen molar-refractivity contribution in [3.8, 4) is 0 Å². The van der Waals surface area contributed by atoms with Crippen LogP contribution in [-0.4, -0.2) is 32.7 Å². The van der Waals surface area contributed by atoms with Crippen LogP contribution in [0.5, 0.6) is 0 Å². The van der Waals surface area contributed by atoms with E-state index in [2.05, 4.69) is 5.32 Å². The highest BCUT2D eigenvalue weighted by molar-refractivity contribution is 7.92. The average Bonchev–Trinajstić information content (AvgIpc) is 2.42. The van der Waals surface area contributed by atoms with E-state index in [0.29, 0.717) is 17.1 Å². The predicted octanol–water partition coefficient (Wildman–Crippen LogP) is 3.05. The van der Waals surface area contributed by atoms with Gasteiger partial charge in [-0.1, -0.05) is 38.4 Å². The lowest BCUT2D eigenvalue weighted by atomic mass is 10.1. The third-order valence-corrected chi connectivity index (χ3v) is 5.18. The zero-order chi connectivity index (χ0) is 17.8. The van der Waals surface area contributed by atoms with Crippen molar-refractivity contribution in [1.82, 2.24) is 5.32 Å². The van der Waals surface area contributed by atoms with Gasteiger partial charge in [-0.25, -0.2) is 8.42 Å². The van der Waals surface area contributed by atoms with Crippen molar-refractivity contribution < 1.29 is 13.2 Å². The van der Waals surface area contributed by atoms with Crippen LogP contribution in [0.1, 0.15) is 34.1 Å². The Labute approximate surface area is 144 Å². The molecular weight excluding hydrogens is 336 g/mol. The molecule has 1 amide bonds. The second-order valence-corrected chi connectivity index (χ2v) is 8.30. The van der Waals surface area contributed by atoms with E-state index in [1.54, 1.807) is 31.2 Å². The maximum atomic E-state index is 12.6. The Bertz CT molecular complexity index is 646. The third kappa shape index (κ3) is 5.39. The number of benzene rings is 1. The summed E-state index contributed by atoms with van der Waals surface area (Å²) >= 11 is 5.97. The van der Waals surface area contributed by atoms with Crippen LogP contribution in [0, 0.1) is 5.92 Å². The van der Waals surface area contributed by atoms with Crippen molar-refractivity contribution in [2.45, 2.75) is 46.2 Å². The van der Waals surface area contributed by atoms with Gasteiger partial charge in [-0.2, -0.15) is 0 Å². The van der Waals surface area contributed by atoms with E-state index in [0.717, 1.165) is 10.6 Å². The van der Waals surface area contributed by atoms with E-state index in [4.69, 9.17) is 11.6 Å². The number of rotatable bonds is 7. The second-order valence-electron chi connectivity index (χ2n) is 6.00. The fourth-order valence-corrected chi connectivity index (χ4v) is 3.55. The molecule has 0 saturated heterocycles. The van der Waals surface area contributed by atoms with Crippen molar-refractivity contribution >= 4 is 33.2 Å². The number of halogens is 1. The van der Waals surface area contributed by atoms with Crippen LogP contribution in [0.2, 0.25) is 5.02 Å². The number of nitrogens with one attached hydrogen (secondary N) is 1. The van der Waals surface area contributed by atoms with Crippen molar-refractivity contribution in [2.24, 2.45) is 5.92 Å². The van der Waals surface area contributed by atoms with Crippen LogP contribution in [0.4, 0.5) is 5.69 Å². The first-order chi connectivity index (χ1) is 10.6. The SMILES string of the molecule is CC[C@@H](C(=O)N[C@@H](C)C(C)C)N(c1cccc(Cl)c1)S(C)(=O)=O. The molecule has 0 aliphatic heterocycles. The summed E-state index contributed by atoms with van der Waals surface area (Å²) in [5, 5.41) is 3.31. The highest BCUT2D eigenvalue weighted by Gasteiger charge is 2.32. The highest BCUT2D eigenvalue weighted by Crippen LogP contribution is 2.25. The summed E-state index contributed by atoms with van der Waals surface area (Å²) in [4.78, 5) is 12.6. The lowest BCUT2D eigenvalue weighted by molar-refractivity contribution is -0.123. The highest BCUT2D eigenvalue weighted by atomic mass is 35.5. The zero-order valence-corrected chi connectivity index (χ0v) is 15.8. The molecule has 0 unspecified atom stereocenters. The van der Waals surface area contributed by atoms with E-state index in [1.807, 2.05) is 20.8 Å². The Hall–Kier alpha value is -1.27. The number of hydrogen-bond donors (Lipinski definition) is 1. The minimum absolute atomic E-state index is 0.0441. The number of hydrogen-bond acceptors (Lipinski definition) is 3. The normalized spacial score (nSPS) is 14.4. The van der Waals surface area contributed by atoms with Crippen molar-refractivity contribution in [2.75, 3.05) is 10.6 Å². The summed E-state index contributed by atoms with van der Waals surface area (Å²) in [6.07, 6.45) is 1.45. The van der Waals surface area contributed by atoms with Crippen LogP contribution in [0.15, 0.2) is 24.3 Å². The van der Waals surface area contributed by atoms with Gasteiger partial charge >= 0.3 is 0 Å². The third-order valence-electron chi connectivity index (χ3n) is 3.76. The summed E-state index contributed by atoms with van der Waals surface area (Å²) in [6.45, 7) is 7.68. The Morgan fingerprint density at radius 1 is 1.30 bits per heavy atom. The van der Waals surface area contributed by atoms with E-state index in [-0.39, 0.29) is 17.9 Å². The second kappa shape index (κ2) is 8.02. The van der Waals surface area contributed by atoms with E-state index >= 15 is 0 Å². The number of nitrogens with zero attached hydrogens (tertiary/aromatic N) is 1. The van der Waals surface area contributed by atoms with Crippen molar-refractivity contribution in [3.63, 3.8) is 0 Å². The molecular formula is C16H25ClN2O3S. The lowest BCUT2D eigenvalue weighted by Crippen LogP contribution is -2.51. The number of anilines is 1. The molecule has 0 bridgehead atoms. The largest absolute Gasteiger partial charge is 0.352 e. The minimum Gasteiger partial charge on any atom is -0.352 e. The topological polar surface area (TPSA) is 66.5 Å². The van der Waals surface area contributed by atoms with Crippen molar-refractivity contribution in [3.05, 3.63) is 29.3 Å². The molecule has 7 heteroatoms. The molecule has 0 aliphatic carbocycles. The maximum Gasteiger partial charge on any atom is 0.244 e. The van der Waals surface area contributed by atoms with Crippen LogP contribution in [-0.2, 0) is 14.8 Å². The molecule has 1 aromatic rings. The van der Waals surface area contributed by atoms with E-state index in [9.17, 15) is 13.2 Å². The smallest absolute Gasteiger partial charge is 0.244 e. The van der Waals surface area contributed by atoms with Gasteiger partial charge in [0, 0.05) is 11.1 Å². The number of carbonyl (C=O) groups is 1. The first-order valence-electron chi connectivity index (χ1n) is 7.63. The van der Waals surface area contributed by atoms with Gasteiger partial charge in [0.05, 0.1) is 11.9 Å². The molecule has 0 spiro atoms. The number of carbonyl (C=O) groups excluding carboxylic acids is 1. The molecule has 0 aromatic heterocycles. The molecule has 0 aliphatic rings. The summed E-state index contributed by atoms with van der Waals surface area (Å²) in [7, 11) is -3.63. The van der Waals surface area contributed by atoms with Gasteiger partial charge in [0.15, 0.2) is 0 Å². The monoisotopic (exact) mass is 360 g/mol. The number of sulfonamides is 1. The molecule has 0 saturated carbocycles. The molecule has 2 atom stereocenters. The first-order valence-corrected chi connectivity index (χ1v) is 9.85. The summed E-state index contributed by atoms with van der Waals surface area (Å²) in [5.41, 5.74) is 0.388. The molecule has 0 fully saturated rings. The number of amides is 1. The van der Waals surface area contributed by atoms with Crippen LogP contribution < -0.4 is 9.62 Å². The van der Waals surface area contributed by atoms with Crippen LogP contribution in [0.25, 0.3) is 0 Å². The van der Waals surface area contributed by atoms with Gasteiger partial charge in [-0.05, 0) is 37.5 Å². The van der Waals surface area contributed by atoms with Crippen molar-refractivity contribution in [1.29, 1.82) is 0 Å². The molecule has 0 radical (unpaired) electrons. The van der Waals surface area contributed by atoms with Crippen LogP contribution in [0.3, 0.4) is 0 Å². The first kappa shape index (κ1) is 19.8. The summed E-state index contributed by atoms with van der Waals surface area (Å²) in [5.74, 6) is -0.0478. The fraction of sp³-hybridized carbons (Fsp3) is 0.562. The molecule has 130 valence electrons. The van der Waals surface area contributed by atoms with Gasteiger partial charge < -0.3 is 5.32 Å². The van der Waals surface area contributed by atoms with Gasteiger partial charge in [-0.3, -0.25) is 9.10 Å². The quantitative estimate of drug-likeness (QED) is 0.812. The fourth-order valence-electron chi connectivity index (χ4n) is 2.16. The van der Waals surface area contributed by atoms with E-state index < -0.39 is 16.1 Å². The standard InChI is InChI=1S/C16H25ClN2O3S/c1-6-15(16(20)18-12(4)11(2)3)19(23(5,21)22)14-9-7-8-13(17)10-14/h7-12,15H,6H2,1-5H3,(H,18,20)/t12-,15-/m0/s1. The predicted molar refractivity (Wildman–Crippen MR) is 95.3 cm³/mol. The molecule has 1 rings (SSSR count). The molecule has 5 nitrogen and oxygen atoms in total. The zero-order valence-electron chi connectivity index (χ0n) is 14.2. The Morgan fingerprint density at radius 2 is 1.91 bits per heavy atom. The Kier molecular flexibility index (Phi) is 6.89. The average molecular weight is 361 g/mol. The molecule has 0 heterocycles. The van der Waals surface area contributed by atoms with Gasteiger partial charge in [0.25, 0.3) is 0 Å². The maximum absolute atomic E-state index is 12.6. The van der Waals surface area contributed by atoms with Crippen LogP contribution >= 0.6 is 11.6 Å². The van der Waals surface area contributed by atoms with E-state index in [1.165, 1.54) is 0 Å². The molecule has 1 N–H and O–H groups in total.